The zero-order valence-corrected chi connectivity index (χ0v) is 30.8. The van der Waals surface area contributed by atoms with E-state index >= 15 is 0 Å². The van der Waals surface area contributed by atoms with E-state index in [-0.39, 0.29) is 0 Å². The van der Waals surface area contributed by atoms with Gasteiger partial charge in [-0.3, -0.25) is 0 Å². The minimum atomic E-state index is -0.474. The first-order valence-corrected chi connectivity index (χ1v) is 19.4. The Labute approximate surface area is 328 Å². The monoisotopic (exact) mass is 711 g/mol. The molecule has 262 valence electrons. The van der Waals surface area contributed by atoms with Crippen LogP contribution in [0.2, 0.25) is 0 Å². The van der Waals surface area contributed by atoms with E-state index in [0.29, 0.717) is 0 Å². The highest BCUT2D eigenvalue weighted by atomic mass is 15.1. The molecule has 0 saturated carbocycles. The Morgan fingerprint density at radius 2 is 0.661 bits per heavy atom. The lowest BCUT2D eigenvalue weighted by Crippen LogP contribution is -2.26. The Hall–Kier alpha value is -7.22. The van der Waals surface area contributed by atoms with Gasteiger partial charge in [0.2, 0.25) is 0 Å². The maximum absolute atomic E-state index is 2.49. The highest BCUT2D eigenvalue weighted by Crippen LogP contribution is 2.64. The zero-order chi connectivity index (χ0) is 37.1. The molecule has 0 aromatic heterocycles. The molecule has 1 spiro atoms. The predicted molar refractivity (Wildman–Crippen MR) is 234 cm³/mol. The van der Waals surface area contributed by atoms with Crippen LogP contribution >= 0.6 is 0 Å². The summed E-state index contributed by atoms with van der Waals surface area (Å²) < 4.78 is 0. The first kappa shape index (κ1) is 32.2. The summed E-state index contributed by atoms with van der Waals surface area (Å²) >= 11 is 0. The highest BCUT2D eigenvalue weighted by Gasteiger charge is 2.52. The average molecular weight is 712 g/mol. The predicted octanol–water partition coefficient (Wildman–Crippen LogP) is 14.5. The van der Waals surface area contributed by atoms with E-state index in [2.05, 4.69) is 229 Å². The van der Waals surface area contributed by atoms with Crippen LogP contribution in [-0.2, 0) is 5.41 Å². The summed E-state index contributed by atoms with van der Waals surface area (Å²) in [6, 6.07) is 82.4. The van der Waals surface area contributed by atoms with Crippen LogP contribution in [0.3, 0.4) is 0 Å². The van der Waals surface area contributed by atoms with Gasteiger partial charge >= 0.3 is 0 Å². The van der Waals surface area contributed by atoms with Crippen molar-refractivity contribution in [1.29, 1.82) is 0 Å². The van der Waals surface area contributed by atoms with Crippen LogP contribution in [0.4, 0.5) is 17.1 Å². The molecule has 11 rings (SSSR count). The molecule has 0 saturated heterocycles. The second kappa shape index (κ2) is 13.0. The standard InChI is InChI=1S/C55H37N/c1-4-15-38(16-5-1)40-27-31-43(32-28-40)56(44-33-29-41(30-34-44)39-17-6-2-7-18-39)45-35-36-49-53(37-45)55(50-24-12-10-21-47(50)48-22-11-13-25-51(48)55)52-26-14-23-46(54(49)52)42-19-8-3-9-20-42/h1-37H. The first-order chi connectivity index (χ1) is 27.8. The third kappa shape index (κ3) is 4.88. The lowest BCUT2D eigenvalue weighted by atomic mass is 9.70. The summed E-state index contributed by atoms with van der Waals surface area (Å²) in [4.78, 5) is 2.42. The first-order valence-electron chi connectivity index (χ1n) is 19.4. The van der Waals surface area contributed by atoms with Gasteiger partial charge in [0.05, 0.1) is 5.41 Å². The fourth-order valence-electron chi connectivity index (χ4n) is 9.49. The third-order valence-corrected chi connectivity index (χ3v) is 11.9. The van der Waals surface area contributed by atoms with E-state index < -0.39 is 5.41 Å². The van der Waals surface area contributed by atoms with Gasteiger partial charge in [0, 0.05) is 17.1 Å². The molecule has 0 fully saturated rings. The minimum absolute atomic E-state index is 0.474. The molecule has 9 aromatic rings. The van der Waals surface area contributed by atoms with Gasteiger partial charge < -0.3 is 4.90 Å². The average Bonchev–Trinajstić information content (AvgIpc) is 3.75. The summed E-state index contributed by atoms with van der Waals surface area (Å²) in [5.41, 5.74) is 20.7. The molecular weight excluding hydrogens is 675 g/mol. The van der Waals surface area contributed by atoms with Crippen molar-refractivity contribution in [1.82, 2.24) is 0 Å². The van der Waals surface area contributed by atoms with Crippen molar-refractivity contribution in [2.45, 2.75) is 5.41 Å². The molecule has 2 aliphatic carbocycles. The van der Waals surface area contributed by atoms with Crippen LogP contribution in [-0.4, -0.2) is 0 Å². The summed E-state index contributed by atoms with van der Waals surface area (Å²) in [6.07, 6.45) is 0. The topological polar surface area (TPSA) is 3.24 Å². The molecule has 1 nitrogen and oxygen atoms in total. The van der Waals surface area contributed by atoms with Crippen LogP contribution in [0.25, 0.3) is 55.6 Å². The molecule has 0 heterocycles. The Morgan fingerprint density at radius 3 is 1.20 bits per heavy atom. The molecule has 2 aliphatic rings. The van der Waals surface area contributed by atoms with Crippen LogP contribution in [0.1, 0.15) is 22.3 Å². The molecule has 1 heteroatoms. The van der Waals surface area contributed by atoms with E-state index in [1.807, 2.05) is 0 Å². The van der Waals surface area contributed by atoms with Gasteiger partial charge in [0.1, 0.15) is 0 Å². The molecule has 56 heavy (non-hydrogen) atoms. The lowest BCUT2D eigenvalue weighted by Gasteiger charge is -2.32. The van der Waals surface area contributed by atoms with Gasteiger partial charge in [-0.15, -0.1) is 0 Å². The summed E-state index contributed by atoms with van der Waals surface area (Å²) in [5.74, 6) is 0. The van der Waals surface area contributed by atoms with Crippen molar-refractivity contribution >= 4 is 17.1 Å². The highest BCUT2D eigenvalue weighted by molar-refractivity contribution is 6.01. The van der Waals surface area contributed by atoms with Crippen molar-refractivity contribution in [3.8, 4) is 55.6 Å². The molecule has 0 unspecified atom stereocenters. The number of hydrogen-bond acceptors (Lipinski definition) is 1. The Bertz CT molecular complexity index is 2750. The molecule has 0 N–H and O–H groups in total. The number of rotatable bonds is 6. The van der Waals surface area contributed by atoms with Gasteiger partial charge in [-0.1, -0.05) is 188 Å². The molecule has 9 aromatic carbocycles. The molecular formula is C55H37N. The Kier molecular flexibility index (Phi) is 7.47. The van der Waals surface area contributed by atoms with E-state index in [1.165, 1.54) is 77.9 Å². The Balaban J connectivity index is 1.16. The fraction of sp³-hybridized carbons (Fsp3) is 0.0182. The van der Waals surface area contributed by atoms with E-state index in [4.69, 9.17) is 0 Å². The van der Waals surface area contributed by atoms with Gasteiger partial charge in [-0.2, -0.15) is 0 Å². The SMILES string of the molecule is c1ccc(-c2ccc(N(c3ccc(-c4ccccc4)cc3)c3ccc4c(c3)C3(c5ccccc5-c5ccccc53)c3cccc(-c5ccccc5)c3-4)cc2)cc1. The second-order valence-electron chi connectivity index (χ2n) is 14.8. The largest absolute Gasteiger partial charge is 0.310 e. The second-order valence-corrected chi connectivity index (χ2v) is 14.8. The van der Waals surface area contributed by atoms with Crippen LogP contribution in [0, 0.1) is 0 Å². The van der Waals surface area contributed by atoms with E-state index in [1.54, 1.807) is 0 Å². The molecule has 0 aliphatic heterocycles. The summed E-state index contributed by atoms with van der Waals surface area (Å²) in [5, 5.41) is 0. The van der Waals surface area contributed by atoms with Crippen molar-refractivity contribution in [2.75, 3.05) is 4.90 Å². The lowest BCUT2D eigenvalue weighted by molar-refractivity contribution is 0.794. The number of anilines is 3. The van der Waals surface area contributed by atoms with Gasteiger partial charge in [0.15, 0.2) is 0 Å². The third-order valence-electron chi connectivity index (χ3n) is 11.9. The van der Waals surface area contributed by atoms with Crippen molar-refractivity contribution < 1.29 is 0 Å². The fourth-order valence-corrected chi connectivity index (χ4v) is 9.49. The van der Waals surface area contributed by atoms with Crippen molar-refractivity contribution in [3.05, 3.63) is 247 Å². The van der Waals surface area contributed by atoms with Crippen molar-refractivity contribution in [3.63, 3.8) is 0 Å². The van der Waals surface area contributed by atoms with Crippen molar-refractivity contribution in [2.24, 2.45) is 0 Å². The minimum Gasteiger partial charge on any atom is -0.310 e. The Morgan fingerprint density at radius 1 is 0.250 bits per heavy atom. The number of fused-ring (bicyclic) bond motifs is 10. The van der Waals surface area contributed by atoms with Gasteiger partial charge in [-0.05, 0) is 114 Å². The van der Waals surface area contributed by atoms with E-state index in [0.717, 1.165) is 17.1 Å². The number of nitrogens with zero attached hydrogens (tertiary/aromatic N) is 1. The summed E-state index contributed by atoms with van der Waals surface area (Å²) in [6.45, 7) is 0. The molecule has 0 atom stereocenters. The number of benzene rings is 9. The van der Waals surface area contributed by atoms with Crippen LogP contribution in [0.15, 0.2) is 224 Å². The maximum Gasteiger partial charge on any atom is 0.0726 e. The van der Waals surface area contributed by atoms with Gasteiger partial charge in [-0.25, -0.2) is 0 Å². The smallest absolute Gasteiger partial charge is 0.0726 e. The summed E-state index contributed by atoms with van der Waals surface area (Å²) in [7, 11) is 0. The zero-order valence-electron chi connectivity index (χ0n) is 30.8. The molecule has 0 amide bonds. The van der Waals surface area contributed by atoms with Crippen LogP contribution in [0.5, 0.6) is 0 Å². The maximum atomic E-state index is 2.49. The molecule has 0 bridgehead atoms. The van der Waals surface area contributed by atoms with E-state index in [9.17, 15) is 0 Å². The quantitative estimate of drug-likeness (QED) is 0.166. The van der Waals surface area contributed by atoms with Gasteiger partial charge in [0.25, 0.3) is 0 Å². The normalized spacial score (nSPS) is 12.8. The number of hydrogen-bond donors (Lipinski definition) is 0. The molecule has 0 radical (unpaired) electrons. The van der Waals surface area contributed by atoms with Crippen LogP contribution < -0.4 is 4.90 Å².